The van der Waals surface area contributed by atoms with E-state index in [1.807, 2.05) is 18.2 Å². The zero-order valence-electron chi connectivity index (χ0n) is 17.9. The summed E-state index contributed by atoms with van der Waals surface area (Å²) in [6.45, 7) is 0.584. The molecule has 3 rings (SSSR count). The van der Waals surface area contributed by atoms with Crippen LogP contribution in [0.25, 0.3) is 0 Å². The highest BCUT2D eigenvalue weighted by molar-refractivity contribution is 7.99. The molecule has 1 N–H and O–H groups in total. The number of para-hydroxylation sites is 1. The fourth-order valence-corrected chi connectivity index (χ4v) is 5.03. The van der Waals surface area contributed by atoms with E-state index in [1.165, 1.54) is 24.9 Å². The van der Waals surface area contributed by atoms with E-state index in [9.17, 15) is 14.9 Å². The number of amides is 1. The van der Waals surface area contributed by atoms with Crippen LogP contribution in [0.3, 0.4) is 0 Å². The minimum Gasteiger partial charge on any atom is -0.496 e. The van der Waals surface area contributed by atoms with Crippen molar-refractivity contribution in [2.75, 3.05) is 26.5 Å². The maximum absolute atomic E-state index is 12.5. The number of methoxy groups -OCH3 is 2. The molecule has 8 heteroatoms. The number of carbonyl (C=O) groups excluding carboxylic acids is 1. The Kier molecular flexibility index (Phi) is 7.79. The van der Waals surface area contributed by atoms with E-state index in [1.54, 1.807) is 19.2 Å². The molecule has 0 unspecified atom stereocenters. The highest BCUT2D eigenvalue weighted by Gasteiger charge is 2.37. The molecule has 1 aliphatic carbocycles. The Balaban J connectivity index is 1.56. The lowest BCUT2D eigenvalue weighted by atomic mass is 9.78. The number of carbonyl (C=O) groups is 1. The minimum absolute atomic E-state index is 0.0332. The number of nitrogens with one attached hydrogen (secondary N) is 1. The highest BCUT2D eigenvalue weighted by Crippen LogP contribution is 2.44. The molecule has 0 heterocycles. The Hall–Kier alpha value is -2.74. The molecule has 0 spiro atoms. The molecular formula is C23H28N2O5S. The van der Waals surface area contributed by atoms with Crippen molar-refractivity contribution in [1.82, 2.24) is 5.32 Å². The van der Waals surface area contributed by atoms with Crippen molar-refractivity contribution in [3.8, 4) is 11.5 Å². The van der Waals surface area contributed by atoms with E-state index < -0.39 is 4.92 Å². The van der Waals surface area contributed by atoms with Crippen molar-refractivity contribution in [3.05, 3.63) is 63.7 Å². The summed E-state index contributed by atoms with van der Waals surface area (Å²) >= 11 is 1.43. The highest BCUT2D eigenvalue weighted by atomic mass is 32.2. The van der Waals surface area contributed by atoms with Crippen molar-refractivity contribution < 1.29 is 19.2 Å². The van der Waals surface area contributed by atoms with Crippen molar-refractivity contribution in [3.63, 3.8) is 0 Å². The first-order valence-corrected chi connectivity index (χ1v) is 11.4. The summed E-state index contributed by atoms with van der Waals surface area (Å²) in [6, 6.07) is 12.9. The predicted molar refractivity (Wildman–Crippen MR) is 122 cm³/mol. The fourth-order valence-electron chi connectivity index (χ4n) is 4.22. The number of benzene rings is 2. The van der Waals surface area contributed by atoms with Crippen LogP contribution < -0.4 is 14.8 Å². The van der Waals surface area contributed by atoms with Gasteiger partial charge in [-0.1, -0.05) is 37.1 Å². The van der Waals surface area contributed by atoms with E-state index >= 15 is 0 Å². The molecule has 0 aliphatic heterocycles. The van der Waals surface area contributed by atoms with Crippen LogP contribution >= 0.6 is 11.8 Å². The SMILES string of the molecule is COc1ccc(CSCC(=O)NCC2(c3ccccc3OC)CCCC2)cc1[N+](=O)[O-]. The molecule has 2 aromatic rings. The Morgan fingerprint density at radius 1 is 1.13 bits per heavy atom. The van der Waals surface area contributed by atoms with Crippen LogP contribution in [0.15, 0.2) is 42.5 Å². The summed E-state index contributed by atoms with van der Waals surface area (Å²) in [5, 5.41) is 14.3. The van der Waals surface area contributed by atoms with E-state index in [0.29, 0.717) is 18.1 Å². The Bertz CT molecular complexity index is 928. The van der Waals surface area contributed by atoms with Crippen molar-refractivity contribution >= 4 is 23.4 Å². The number of nitrogens with zero attached hydrogens (tertiary/aromatic N) is 1. The molecule has 166 valence electrons. The lowest BCUT2D eigenvalue weighted by Gasteiger charge is -2.31. The average Bonchev–Trinajstić information content (AvgIpc) is 3.27. The van der Waals surface area contributed by atoms with Crippen LogP contribution in [0.5, 0.6) is 11.5 Å². The first kappa shape index (κ1) is 22.9. The van der Waals surface area contributed by atoms with Gasteiger partial charge in [0.1, 0.15) is 5.75 Å². The Morgan fingerprint density at radius 3 is 2.52 bits per heavy atom. The third-order valence-corrected chi connectivity index (χ3v) is 6.81. The second-order valence-electron chi connectivity index (χ2n) is 7.72. The van der Waals surface area contributed by atoms with Gasteiger partial charge in [0.05, 0.1) is 24.9 Å². The Morgan fingerprint density at radius 2 is 1.84 bits per heavy atom. The molecule has 0 saturated heterocycles. The smallest absolute Gasteiger partial charge is 0.311 e. The topological polar surface area (TPSA) is 90.7 Å². The fraction of sp³-hybridized carbons (Fsp3) is 0.435. The number of nitro groups is 1. The van der Waals surface area contributed by atoms with Gasteiger partial charge in [-0.3, -0.25) is 14.9 Å². The summed E-state index contributed by atoms with van der Waals surface area (Å²) in [5.74, 6) is 1.87. The molecule has 0 aromatic heterocycles. The number of ether oxygens (including phenoxy) is 2. The van der Waals surface area contributed by atoms with Crippen LogP contribution in [0.4, 0.5) is 5.69 Å². The van der Waals surface area contributed by atoms with E-state index in [0.717, 1.165) is 42.6 Å². The van der Waals surface area contributed by atoms with Gasteiger partial charge in [0.15, 0.2) is 5.75 Å². The van der Waals surface area contributed by atoms with Crippen molar-refractivity contribution in [2.24, 2.45) is 0 Å². The monoisotopic (exact) mass is 444 g/mol. The van der Waals surface area contributed by atoms with Gasteiger partial charge in [-0.25, -0.2) is 0 Å². The molecule has 1 fully saturated rings. The molecule has 1 amide bonds. The zero-order valence-corrected chi connectivity index (χ0v) is 18.7. The van der Waals surface area contributed by atoms with Crippen LogP contribution in [0.1, 0.15) is 36.8 Å². The molecule has 0 radical (unpaired) electrons. The summed E-state index contributed by atoms with van der Waals surface area (Å²) in [6.07, 6.45) is 4.32. The zero-order chi connectivity index (χ0) is 22.3. The standard InChI is InChI=1S/C23H28N2O5S/c1-29-20-8-4-3-7-18(20)23(11-5-6-12-23)16-24-22(26)15-31-14-17-9-10-21(30-2)19(13-17)25(27)28/h3-4,7-10,13H,5-6,11-12,14-16H2,1-2H3,(H,24,26). The predicted octanol–water partition coefficient (Wildman–Crippen LogP) is 4.47. The molecule has 0 bridgehead atoms. The third-order valence-electron chi connectivity index (χ3n) is 5.80. The van der Waals surface area contributed by atoms with Gasteiger partial charge in [0.25, 0.3) is 0 Å². The first-order valence-electron chi connectivity index (χ1n) is 10.3. The maximum atomic E-state index is 12.5. The van der Waals surface area contributed by atoms with Crippen LogP contribution in [0, 0.1) is 10.1 Å². The van der Waals surface area contributed by atoms with Crippen LogP contribution in [0.2, 0.25) is 0 Å². The van der Waals surface area contributed by atoms with Gasteiger partial charge in [-0.2, -0.15) is 0 Å². The third kappa shape index (κ3) is 5.50. The van der Waals surface area contributed by atoms with Gasteiger partial charge in [0, 0.05) is 29.3 Å². The molecule has 2 aromatic carbocycles. The van der Waals surface area contributed by atoms with Gasteiger partial charge >= 0.3 is 5.69 Å². The van der Waals surface area contributed by atoms with Crippen LogP contribution in [-0.4, -0.2) is 37.3 Å². The van der Waals surface area contributed by atoms with Crippen molar-refractivity contribution in [1.29, 1.82) is 0 Å². The number of hydrogen-bond donors (Lipinski definition) is 1. The van der Waals surface area contributed by atoms with E-state index in [-0.39, 0.29) is 22.8 Å². The van der Waals surface area contributed by atoms with Gasteiger partial charge in [-0.05, 0) is 30.5 Å². The largest absolute Gasteiger partial charge is 0.496 e. The minimum atomic E-state index is -0.460. The Labute approximate surface area is 186 Å². The summed E-state index contributed by atoms with van der Waals surface area (Å²) in [5.41, 5.74) is 1.79. The number of hydrogen-bond acceptors (Lipinski definition) is 6. The van der Waals surface area contributed by atoms with Crippen molar-refractivity contribution in [2.45, 2.75) is 36.9 Å². The van der Waals surface area contributed by atoms with Gasteiger partial charge in [-0.15, -0.1) is 11.8 Å². The number of rotatable bonds is 10. The number of nitro benzene ring substituents is 1. The summed E-state index contributed by atoms with van der Waals surface area (Å²) < 4.78 is 10.6. The molecule has 1 aliphatic rings. The van der Waals surface area contributed by atoms with Gasteiger partial charge < -0.3 is 14.8 Å². The van der Waals surface area contributed by atoms with E-state index in [4.69, 9.17) is 9.47 Å². The quantitative estimate of drug-likeness (QED) is 0.429. The lowest BCUT2D eigenvalue weighted by Crippen LogP contribution is -2.40. The molecule has 31 heavy (non-hydrogen) atoms. The maximum Gasteiger partial charge on any atom is 0.311 e. The second kappa shape index (κ2) is 10.5. The second-order valence-corrected chi connectivity index (χ2v) is 8.71. The normalized spacial score (nSPS) is 14.8. The summed E-state index contributed by atoms with van der Waals surface area (Å²) in [4.78, 5) is 23.2. The molecular weight excluding hydrogens is 416 g/mol. The molecule has 0 atom stereocenters. The lowest BCUT2D eigenvalue weighted by molar-refractivity contribution is -0.385. The number of thioether (sulfide) groups is 1. The first-order chi connectivity index (χ1) is 15.0. The average molecular weight is 445 g/mol. The van der Waals surface area contributed by atoms with Crippen LogP contribution in [-0.2, 0) is 16.0 Å². The van der Waals surface area contributed by atoms with E-state index in [2.05, 4.69) is 11.4 Å². The van der Waals surface area contributed by atoms with Gasteiger partial charge in [0.2, 0.25) is 5.91 Å². The molecule has 7 nitrogen and oxygen atoms in total. The summed E-state index contributed by atoms with van der Waals surface area (Å²) in [7, 11) is 3.09. The molecule has 1 saturated carbocycles.